The van der Waals surface area contributed by atoms with Crippen LogP contribution in [0.5, 0.6) is 0 Å². The highest BCUT2D eigenvalue weighted by molar-refractivity contribution is 6.31. The first-order chi connectivity index (χ1) is 13.8. The van der Waals surface area contributed by atoms with Crippen LogP contribution in [0.15, 0.2) is 48.5 Å². The summed E-state index contributed by atoms with van der Waals surface area (Å²) in [5, 5.41) is 7.84. The molecule has 0 fully saturated rings. The number of benzene rings is 2. The molecule has 0 aliphatic rings. The van der Waals surface area contributed by atoms with Gasteiger partial charge in [0.15, 0.2) is 0 Å². The number of carbonyl (C=O) groups excluding carboxylic acids is 1. The van der Waals surface area contributed by atoms with Crippen LogP contribution in [-0.2, 0) is 24.2 Å². The smallest absolute Gasteiger partial charge is 0.224 e. The zero-order chi connectivity index (χ0) is 21.0. The first-order valence-corrected chi connectivity index (χ1v) is 10.0. The zero-order valence-corrected chi connectivity index (χ0v) is 17.6. The van der Waals surface area contributed by atoms with Crippen LogP contribution in [-0.4, -0.2) is 15.7 Å². The highest BCUT2D eigenvalue weighted by Gasteiger charge is 2.18. The van der Waals surface area contributed by atoms with Crippen molar-refractivity contribution in [1.29, 1.82) is 0 Å². The molecular weight excluding hydrogens is 389 g/mol. The number of amides is 1. The summed E-state index contributed by atoms with van der Waals surface area (Å²) in [7, 11) is 0. The summed E-state index contributed by atoms with van der Waals surface area (Å²) in [6.45, 7) is 6.32. The number of halogens is 2. The fourth-order valence-corrected chi connectivity index (χ4v) is 3.74. The molecule has 0 saturated carbocycles. The Bertz CT molecular complexity index is 1000. The van der Waals surface area contributed by atoms with Crippen molar-refractivity contribution in [2.45, 2.75) is 46.2 Å². The van der Waals surface area contributed by atoms with E-state index in [1.807, 2.05) is 36.7 Å². The van der Waals surface area contributed by atoms with Crippen molar-refractivity contribution in [2.75, 3.05) is 0 Å². The van der Waals surface area contributed by atoms with Gasteiger partial charge in [-0.15, -0.1) is 0 Å². The molecule has 1 amide bonds. The second-order valence-corrected chi connectivity index (χ2v) is 7.73. The van der Waals surface area contributed by atoms with Gasteiger partial charge in [0.05, 0.1) is 18.2 Å². The first kappa shape index (κ1) is 21.1. The van der Waals surface area contributed by atoms with Gasteiger partial charge in [0.1, 0.15) is 5.82 Å². The summed E-state index contributed by atoms with van der Waals surface area (Å²) >= 11 is 6.02. The number of nitrogens with one attached hydrogen (secondary N) is 1. The van der Waals surface area contributed by atoms with Crippen LogP contribution < -0.4 is 5.32 Å². The Morgan fingerprint density at radius 3 is 2.62 bits per heavy atom. The number of carbonyl (C=O) groups is 1. The van der Waals surface area contributed by atoms with Crippen molar-refractivity contribution < 1.29 is 9.18 Å². The molecule has 6 heteroatoms. The Hall–Kier alpha value is -2.66. The maximum atomic E-state index is 13.1. The highest BCUT2D eigenvalue weighted by atomic mass is 35.5. The summed E-state index contributed by atoms with van der Waals surface area (Å²) in [5.74, 6) is -0.514. The molecule has 152 valence electrons. The van der Waals surface area contributed by atoms with Gasteiger partial charge < -0.3 is 5.32 Å². The van der Waals surface area contributed by atoms with Crippen molar-refractivity contribution in [3.8, 4) is 0 Å². The Kier molecular flexibility index (Phi) is 6.70. The quantitative estimate of drug-likeness (QED) is 0.595. The lowest BCUT2D eigenvalue weighted by Crippen LogP contribution is -2.25. The summed E-state index contributed by atoms with van der Waals surface area (Å²) in [6, 6.07) is 14.6. The number of rotatable bonds is 7. The molecular formula is C23H25ClFN3O. The Morgan fingerprint density at radius 1 is 1.21 bits per heavy atom. The van der Waals surface area contributed by atoms with E-state index in [0.29, 0.717) is 10.6 Å². The Morgan fingerprint density at radius 2 is 1.93 bits per heavy atom. The van der Waals surface area contributed by atoms with Crippen molar-refractivity contribution in [1.82, 2.24) is 15.1 Å². The van der Waals surface area contributed by atoms with E-state index in [9.17, 15) is 9.18 Å². The molecule has 0 aliphatic carbocycles. The van der Waals surface area contributed by atoms with Crippen LogP contribution in [0.2, 0.25) is 5.02 Å². The minimum absolute atomic E-state index is 0.119. The molecule has 0 radical (unpaired) electrons. The fraction of sp³-hybridized carbons (Fsp3) is 0.304. The average molecular weight is 414 g/mol. The third-order valence-electron chi connectivity index (χ3n) is 5.09. The summed E-state index contributed by atoms with van der Waals surface area (Å²) in [4.78, 5) is 12.5. The Labute approximate surface area is 175 Å². The molecule has 2 aromatic carbocycles. The van der Waals surface area contributed by atoms with Crippen molar-refractivity contribution in [3.63, 3.8) is 0 Å². The summed E-state index contributed by atoms with van der Waals surface area (Å²) in [5.41, 5.74) is 4.73. The van der Waals surface area contributed by atoms with Crippen molar-refractivity contribution in [3.05, 3.63) is 87.4 Å². The number of nitrogens with zero attached hydrogens (tertiary/aromatic N) is 2. The van der Waals surface area contributed by atoms with Crippen LogP contribution in [0.3, 0.4) is 0 Å². The molecule has 0 spiro atoms. The van der Waals surface area contributed by atoms with Crippen LogP contribution in [0.4, 0.5) is 4.39 Å². The minimum Gasteiger partial charge on any atom is -0.352 e. The van der Waals surface area contributed by atoms with E-state index in [1.165, 1.54) is 17.7 Å². The maximum Gasteiger partial charge on any atom is 0.224 e. The highest BCUT2D eigenvalue weighted by Crippen LogP contribution is 2.21. The fourth-order valence-electron chi connectivity index (χ4n) is 3.51. The molecule has 3 aromatic rings. The molecule has 4 nitrogen and oxygen atoms in total. The molecule has 1 N–H and O–H groups in total. The second kappa shape index (κ2) is 9.23. The third kappa shape index (κ3) is 5.24. The lowest BCUT2D eigenvalue weighted by Gasteiger charge is -2.15. The van der Waals surface area contributed by atoms with Gasteiger partial charge in [-0.3, -0.25) is 9.48 Å². The van der Waals surface area contributed by atoms with Gasteiger partial charge in [-0.1, -0.05) is 48.0 Å². The van der Waals surface area contributed by atoms with Crippen LogP contribution in [0, 0.1) is 19.7 Å². The number of aromatic nitrogens is 2. The average Bonchev–Trinajstić information content (AvgIpc) is 2.96. The first-order valence-electron chi connectivity index (χ1n) is 9.64. The summed E-state index contributed by atoms with van der Waals surface area (Å²) in [6.07, 6.45) is 1.12. The molecule has 0 aliphatic heterocycles. The van der Waals surface area contributed by atoms with Crippen LogP contribution in [0.1, 0.15) is 41.0 Å². The molecule has 0 saturated heterocycles. The van der Waals surface area contributed by atoms with Gasteiger partial charge in [-0.25, -0.2) is 4.39 Å². The molecule has 3 rings (SSSR count). The number of hydrogen-bond acceptors (Lipinski definition) is 2. The van der Waals surface area contributed by atoms with Crippen LogP contribution >= 0.6 is 11.6 Å². The van der Waals surface area contributed by atoms with Crippen LogP contribution in [0.25, 0.3) is 0 Å². The third-order valence-corrected chi connectivity index (χ3v) is 5.45. The number of hydrogen-bond donors (Lipinski definition) is 1. The monoisotopic (exact) mass is 413 g/mol. The van der Waals surface area contributed by atoms with Gasteiger partial charge in [0, 0.05) is 22.8 Å². The number of aryl methyl sites for hydroxylation is 1. The minimum atomic E-state index is -0.395. The summed E-state index contributed by atoms with van der Waals surface area (Å²) < 4.78 is 15.1. The lowest BCUT2D eigenvalue weighted by atomic mass is 10.1. The van der Waals surface area contributed by atoms with Gasteiger partial charge >= 0.3 is 0 Å². The molecule has 1 atom stereocenters. The van der Waals surface area contributed by atoms with E-state index in [0.717, 1.165) is 23.4 Å². The van der Waals surface area contributed by atoms with E-state index in [1.54, 1.807) is 6.07 Å². The maximum absolute atomic E-state index is 13.1. The van der Waals surface area contributed by atoms with E-state index in [4.69, 9.17) is 11.6 Å². The second-order valence-electron chi connectivity index (χ2n) is 7.32. The molecule has 0 bridgehead atoms. The predicted molar refractivity (Wildman–Crippen MR) is 114 cm³/mol. The lowest BCUT2D eigenvalue weighted by molar-refractivity contribution is -0.120. The van der Waals surface area contributed by atoms with Gasteiger partial charge in [0.2, 0.25) is 5.91 Å². The van der Waals surface area contributed by atoms with Gasteiger partial charge in [0.25, 0.3) is 0 Å². The van der Waals surface area contributed by atoms with E-state index in [-0.39, 0.29) is 24.9 Å². The van der Waals surface area contributed by atoms with E-state index >= 15 is 0 Å². The van der Waals surface area contributed by atoms with Crippen molar-refractivity contribution >= 4 is 17.5 Å². The molecule has 1 heterocycles. The predicted octanol–water partition coefficient (Wildman–Crippen LogP) is 4.96. The largest absolute Gasteiger partial charge is 0.352 e. The molecule has 1 unspecified atom stereocenters. The SMILES string of the molecule is Cc1nn(C(C)Cc2ccccc2)c(C)c1CC(=O)NCc1ccc(F)cc1Cl. The normalized spacial score (nSPS) is 12.0. The van der Waals surface area contributed by atoms with Crippen molar-refractivity contribution in [2.24, 2.45) is 0 Å². The standard InChI is InChI=1S/C23H25ClFN3O/c1-15(11-18-7-5-4-6-8-18)28-17(3)21(16(2)27-28)13-23(29)26-14-19-9-10-20(25)12-22(19)24/h4-10,12,15H,11,13-14H2,1-3H3,(H,26,29). The Balaban J connectivity index is 1.65. The van der Waals surface area contributed by atoms with E-state index < -0.39 is 5.82 Å². The molecule has 1 aromatic heterocycles. The zero-order valence-electron chi connectivity index (χ0n) is 16.9. The van der Waals surface area contributed by atoms with Gasteiger partial charge in [-0.2, -0.15) is 5.10 Å². The molecule has 29 heavy (non-hydrogen) atoms. The van der Waals surface area contributed by atoms with Gasteiger partial charge in [-0.05, 0) is 50.5 Å². The topological polar surface area (TPSA) is 46.9 Å². The van der Waals surface area contributed by atoms with E-state index in [2.05, 4.69) is 29.5 Å².